The van der Waals surface area contributed by atoms with Gasteiger partial charge in [-0.2, -0.15) is 0 Å². The number of aryl methyl sites for hydroxylation is 1. The number of nitrogens with one attached hydrogen (secondary N) is 5. The Labute approximate surface area is 177 Å². The van der Waals surface area contributed by atoms with Gasteiger partial charge in [0.25, 0.3) is 0 Å². The van der Waals surface area contributed by atoms with E-state index in [4.69, 9.17) is 10.8 Å². The van der Waals surface area contributed by atoms with Crippen LogP contribution in [0.1, 0.15) is 11.1 Å². The van der Waals surface area contributed by atoms with E-state index in [1.54, 1.807) is 6.08 Å². The van der Waals surface area contributed by atoms with E-state index in [1.165, 1.54) is 0 Å². The molecule has 0 radical (unpaired) electrons. The molecule has 1 atom stereocenters. The molecule has 0 aliphatic carbocycles. The SMILES string of the molecule is C=C(C(=N)c1ccccc1NC)C(Nc1cccc(C)c1)C(=N)/C=C1/C=CC=CN1. The fourth-order valence-electron chi connectivity index (χ4n) is 3.24. The number of dihydropyridines is 1. The first-order valence-electron chi connectivity index (χ1n) is 9.77. The van der Waals surface area contributed by atoms with Gasteiger partial charge in [0.15, 0.2) is 0 Å². The third kappa shape index (κ3) is 4.94. The van der Waals surface area contributed by atoms with Crippen molar-refractivity contribution in [1.29, 1.82) is 10.8 Å². The van der Waals surface area contributed by atoms with Crippen molar-refractivity contribution in [1.82, 2.24) is 5.32 Å². The topological polar surface area (TPSA) is 83.8 Å². The summed E-state index contributed by atoms with van der Waals surface area (Å²) in [5.74, 6) is 0. The largest absolute Gasteiger partial charge is 0.388 e. The van der Waals surface area contributed by atoms with Gasteiger partial charge < -0.3 is 21.4 Å². The predicted molar refractivity (Wildman–Crippen MR) is 128 cm³/mol. The van der Waals surface area contributed by atoms with Gasteiger partial charge in [-0.3, -0.25) is 5.41 Å². The molecule has 2 aromatic rings. The van der Waals surface area contributed by atoms with Crippen LogP contribution in [-0.4, -0.2) is 24.5 Å². The fraction of sp³-hybridized carbons (Fsp3) is 0.120. The molecule has 0 saturated heterocycles. The van der Waals surface area contributed by atoms with Crippen molar-refractivity contribution < 1.29 is 0 Å². The average Bonchev–Trinajstić information content (AvgIpc) is 2.77. The van der Waals surface area contributed by atoms with Gasteiger partial charge >= 0.3 is 0 Å². The predicted octanol–water partition coefficient (Wildman–Crippen LogP) is 5.02. The maximum absolute atomic E-state index is 8.79. The van der Waals surface area contributed by atoms with Gasteiger partial charge in [-0.25, -0.2) is 0 Å². The molecule has 1 aliphatic heterocycles. The van der Waals surface area contributed by atoms with Crippen LogP contribution in [0.3, 0.4) is 0 Å². The summed E-state index contributed by atoms with van der Waals surface area (Å²) in [6.45, 7) is 6.23. The molecular formula is C25H27N5. The molecule has 1 unspecified atom stereocenters. The zero-order valence-electron chi connectivity index (χ0n) is 17.3. The molecule has 2 aromatic carbocycles. The molecule has 0 fully saturated rings. The Morgan fingerprint density at radius 2 is 1.90 bits per heavy atom. The molecule has 152 valence electrons. The van der Waals surface area contributed by atoms with Crippen LogP contribution in [0, 0.1) is 17.7 Å². The molecule has 5 heteroatoms. The van der Waals surface area contributed by atoms with Crippen LogP contribution in [0.25, 0.3) is 0 Å². The minimum atomic E-state index is -0.558. The number of anilines is 2. The van der Waals surface area contributed by atoms with E-state index in [0.29, 0.717) is 17.0 Å². The zero-order valence-corrected chi connectivity index (χ0v) is 17.3. The molecular weight excluding hydrogens is 370 g/mol. The van der Waals surface area contributed by atoms with Gasteiger partial charge in [-0.05, 0) is 54.5 Å². The van der Waals surface area contributed by atoms with Crippen molar-refractivity contribution in [3.8, 4) is 0 Å². The lowest BCUT2D eigenvalue weighted by Crippen LogP contribution is -2.33. The van der Waals surface area contributed by atoms with E-state index < -0.39 is 6.04 Å². The summed E-state index contributed by atoms with van der Waals surface area (Å²) in [5, 5.41) is 27.2. The molecule has 0 saturated carbocycles. The van der Waals surface area contributed by atoms with Crippen LogP contribution < -0.4 is 16.0 Å². The molecule has 0 aromatic heterocycles. The monoisotopic (exact) mass is 397 g/mol. The van der Waals surface area contributed by atoms with Crippen LogP contribution in [0.2, 0.25) is 0 Å². The standard InChI is InChI=1S/C25H27N5/c1-17-9-8-11-20(15-17)30-25(22(26)16-19-10-6-7-14-29-19)18(2)24(27)21-12-4-5-13-23(21)28-3/h4-16,25-30H,2H2,1,3H3/b19-16-,26-22?,27-24?. The number of para-hydroxylation sites is 1. The highest BCUT2D eigenvalue weighted by atomic mass is 14.9. The van der Waals surface area contributed by atoms with Crippen molar-refractivity contribution in [2.45, 2.75) is 13.0 Å². The van der Waals surface area contributed by atoms with Crippen LogP contribution >= 0.6 is 0 Å². The number of allylic oxidation sites excluding steroid dienone is 3. The highest BCUT2D eigenvalue weighted by molar-refractivity contribution is 6.19. The molecule has 0 bridgehead atoms. The second-order valence-corrected chi connectivity index (χ2v) is 7.06. The lowest BCUT2D eigenvalue weighted by atomic mass is 9.93. The first kappa shape index (κ1) is 20.9. The highest BCUT2D eigenvalue weighted by Crippen LogP contribution is 2.22. The third-order valence-corrected chi connectivity index (χ3v) is 4.82. The minimum absolute atomic E-state index is 0.292. The van der Waals surface area contributed by atoms with Crippen molar-refractivity contribution in [3.05, 3.63) is 108 Å². The van der Waals surface area contributed by atoms with Crippen molar-refractivity contribution >= 4 is 22.8 Å². The van der Waals surface area contributed by atoms with Crippen molar-refractivity contribution in [3.63, 3.8) is 0 Å². The Bertz CT molecular complexity index is 1060. The van der Waals surface area contributed by atoms with E-state index in [1.807, 2.05) is 86.9 Å². The highest BCUT2D eigenvalue weighted by Gasteiger charge is 2.22. The zero-order chi connectivity index (χ0) is 21.5. The summed E-state index contributed by atoms with van der Waals surface area (Å²) in [4.78, 5) is 0. The normalized spacial score (nSPS) is 14.7. The van der Waals surface area contributed by atoms with Crippen LogP contribution in [0.4, 0.5) is 11.4 Å². The minimum Gasteiger partial charge on any atom is -0.388 e. The van der Waals surface area contributed by atoms with E-state index in [2.05, 4.69) is 22.5 Å². The van der Waals surface area contributed by atoms with Gasteiger partial charge in [0.2, 0.25) is 0 Å². The summed E-state index contributed by atoms with van der Waals surface area (Å²) >= 11 is 0. The molecule has 1 heterocycles. The molecule has 0 spiro atoms. The number of hydrogen-bond donors (Lipinski definition) is 5. The first-order valence-corrected chi connectivity index (χ1v) is 9.77. The van der Waals surface area contributed by atoms with Crippen molar-refractivity contribution in [2.24, 2.45) is 0 Å². The van der Waals surface area contributed by atoms with E-state index in [9.17, 15) is 0 Å². The van der Waals surface area contributed by atoms with Gasteiger partial charge in [0, 0.05) is 35.9 Å². The summed E-state index contributed by atoms with van der Waals surface area (Å²) < 4.78 is 0. The van der Waals surface area contributed by atoms with Gasteiger partial charge in [-0.15, -0.1) is 0 Å². The second-order valence-electron chi connectivity index (χ2n) is 7.06. The van der Waals surface area contributed by atoms with Crippen LogP contribution in [0.15, 0.2) is 96.9 Å². The Hall–Kier alpha value is -3.86. The Morgan fingerprint density at radius 3 is 2.60 bits per heavy atom. The molecule has 30 heavy (non-hydrogen) atoms. The van der Waals surface area contributed by atoms with E-state index in [0.717, 1.165) is 28.2 Å². The summed E-state index contributed by atoms with van der Waals surface area (Å²) in [7, 11) is 1.83. The molecule has 1 aliphatic rings. The quantitative estimate of drug-likeness (QED) is 0.406. The number of hydrogen-bond acceptors (Lipinski definition) is 5. The maximum Gasteiger partial charge on any atom is 0.0948 e. The number of rotatable bonds is 8. The van der Waals surface area contributed by atoms with Gasteiger partial charge in [-0.1, -0.05) is 43.0 Å². The fourth-order valence-corrected chi connectivity index (χ4v) is 3.24. The molecule has 0 amide bonds. The Balaban J connectivity index is 1.94. The van der Waals surface area contributed by atoms with E-state index in [-0.39, 0.29) is 0 Å². The van der Waals surface area contributed by atoms with Crippen LogP contribution in [0.5, 0.6) is 0 Å². The third-order valence-electron chi connectivity index (χ3n) is 4.82. The lowest BCUT2D eigenvalue weighted by Gasteiger charge is -2.24. The lowest BCUT2D eigenvalue weighted by molar-refractivity contribution is 1.07. The molecule has 5 N–H and O–H groups in total. The van der Waals surface area contributed by atoms with E-state index >= 15 is 0 Å². The number of benzene rings is 2. The van der Waals surface area contributed by atoms with Crippen LogP contribution in [-0.2, 0) is 0 Å². The molecule has 5 nitrogen and oxygen atoms in total. The Kier molecular flexibility index (Phi) is 6.65. The van der Waals surface area contributed by atoms with Gasteiger partial charge in [0.1, 0.15) is 0 Å². The smallest absolute Gasteiger partial charge is 0.0948 e. The molecule has 3 rings (SSSR count). The van der Waals surface area contributed by atoms with Gasteiger partial charge in [0.05, 0.1) is 17.5 Å². The first-order chi connectivity index (χ1) is 14.5. The van der Waals surface area contributed by atoms with Crippen molar-refractivity contribution in [2.75, 3.05) is 17.7 Å². The maximum atomic E-state index is 8.79. The second kappa shape index (κ2) is 9.56. The summed E-state index contributed by atoms with van der Waals surface area (Å²) in [5.41, 5.74) is 5.55. The Morgan fingerprint density at radius 1 is 1.10 bits per heavy atom. The summed E-state index contributed by atoms with van der Waals surface area (Å²) in [6, 6.07) is 15.1. The summed E-state index contributed by atoms with van der Waals surface area (Å²) in [6.07, 6.45) is 9.30. The average molecular weight is 398 g/mol.